The van der Waals surface area contributed by atoms with Crippen LogP contribution in [0.1, 0.15) is 33.6 Å². The predicted molar refractivity (Wildman–Crippen MR) is 81.1 cm³/mol. The summed E-state index contributed by atoms with van der Waals surface area (Å²) >= 11 is 0. The SMILES string of the molecule is CC(C)(C)Oc1c(F)c(F)c(OC(=O)C2CC3C=CC2C3)c(F)c1F. The van der Waals surface area contributed by atoms with E-state index in [0.717, 1.165) is 6.42 Å². The Balaban J connectivity index is 1.89. The maximum atomic E-state index is 14.2. The molecule has 3 atom stereocenters. The van der Waals surface area contributed by atoms with E-state index in [2.05, 4.69) is 0 Å². The molecule has 0 spiro atoms. The van der Waals surface area contributed by atoms with Gasteiger partial charge in [0, 0.05) is 0 Å². The van der Waals surface area contributed by atoms with Crippen LogP contribution in [0.4, 0.5) is 17.6 Å². The van der Waals surface area contributed by atoms with E-state index in [0.29, 0.717) is 6.42 Å². The van der Waals surface area contributed by atoms with Gasteiger partial charge in [0.1, 0.15) is 5.60 Å². The number of fused-ring (bicyclic) bond motifs is 2. The second-order valence-corrected chi connectivity index (χ2v) is 7.44. The van der Waals surface area contributed by atoms with Crippen molar-refractivity contribution in [2.45, 2.75) is 39.2 Å². The highest BCUT2D eigenvalue weighted by Crippen LogP contribution is 2.44. The number of halogens is 4. The highest BCUT2D eigenvalue weighted by atomic mass is 19.2. The Morgan fingerprint density at radius 2 is 1.52 bits per heavy atom. The number of benzene rings is 1. The summed E-state index contributed by atoms with van der Waals surface area (Å²) in [5.74, 6) is -10.9. The van der Waals surface area contributed by atoms with E-state index in [1.807, 2.05) is 12.2 Å². The molecule has 136 valence electrons. The maximum absolute atomic E-state index is 14.2. The summed E-state index contributed by atoms with van der Waals surface area (Å²) in [6, 6.07) is 0. The second kappa shape index (κ2) is 6.04. The third-order valence-corrected chi connectivity index (χ3v) is 4.38. The smallest absolute Gasteiger partial charge is 0.315 e. The number of rotatable bonds is 3. The molecule has 1 aromatic carbocycles. The summed E-state index contributed by atoms with van der Waals surface area (Å²) in [6.07, 6.45) is 5.10. The fourth-order valence-corrected chi connectivity index (χ4v) is 3.30. The largest absolute Gasteiger partial charge is 0.482 e. The molecule has 3 unspecified atom stereocenters. The van der Waals surface area contributed by atoms with Gasteiger partial charge in [-0.3, -0.25) is 4.79 Å². The van der Waals surface area contributed by atoms with Crippen LogP contribution in [0, 0.1) is 41.0 Å². The minimum absolute atomic E-state index is 0.0678. The lowest BCUT2D eigenvalue weighted by Crippen LogP contribution is -2.27. The molecule has 1 fully saturated rings. The van der Waals surface area contributed by atoms with Crippen LogP contribution in [0.2, 0.25) is 0 Å². The van der Waals surface area contributed by atoms with Gasteiger partial charge in [-0.25, -0.2) is 0 Å². The zero-order valence-electron chi connectivity index (χ0n) is 14.0. The van der Waals surface area contributed by atoms with Gasteiger partial charge in [-0.05, 0) is 45.4 Å². The summed E-state index contributed by atoms with van der Waals surface area (Å²) in [6.45, 7) is 4.41. The molecule has 3 rings (SSSR count). The van der Waals surface area contributed by atoms with Gasteiger partial charge < -0.3 is 9.47 Å². The molecular formula is C18H18F4O3. The van der Waals surface area contributed by atoms with E-state index in [-0.39, 0.29) is 11.8 Å². The predicted octanol–water partition coefficient (Wildman–Crippen LogP) is 4.54. The molecule has 0 radical (unpaired) electrons. The van der Waals surface area contributed by atoms with E-state index in [1.165, 1.54) is 20.8 Å². The van der Waals surface area contributed by atoms with E-state index in [4.69, 9.17) is 9.47 Å². The number of hydrogen-bond donors (Lipinski definition) is 0. The first-order valence-corrected chi connectivity index (χ1v) is 8.03. The van der Waals surface area contributed by atoms with Crippen molar-refractivity contribution in [3.63, 3.8) is 0 Å². The second-order valence-electron chi connectivity index (χ2n) is 7.44. The molecule has 0 aromatic heterocycles. The molecule has 0 heterocycles. The highest BCUT2D eigenvalue weighted by molar-refractivity contribution is 5.76. The normalized spacial score (nSPS) is 24.7. The maximum Gasteiger partial charge on any atom is 0.315 e. The van der Waals surface area contributed by atoms with Crippen molar-refractivity contribution in [3.8, 4) is 11.5 Å². The topological polar surface area (TPSA) is 35.5 Å². The minimum atomic E-state index is -1.79. The van der Waals surface area contributed by atoms with Gasteiger partial charge in [0.25, 0.3) is 0 Å². The summed E-state index contributed by atoms with van der Waals surface area (Å²) < 4.78 is 66.2. The van der Waals surface area contributed by atoms with E-state index in [1.54, 1.807) is 0 Å². The Bertz CT molecular complexity index is 723. The van der Waals surface area contributed by atoms with E-state index in [9.17, 15) is 22.4 Å². The number of allylic oxidation sites excluding steroid dienone is 2. The average molecular weight is 358 g/mol. The lowest BCUT2D eigenvalue weighted by Gasteiger charge is -2.23. The monoisotopic (exact) mass is 358 g/mol. The zero-order chi connectivity index (χ0) is 18.5. The average Bonchev–Trinajstić information content (AvgIpc) is 3.16. The first-order valence-electron chi connectivity index (χ1n) is 8.03. The van der Waals surface area contributed by atoms with Crippen molar-refractivity contribution in [2.75, 3.05) is 0 Å². The number of ether oxygens (including phenoxy) is 2. The van der Waals surface area contributed by atoms with Crippen molar-refractivity contribution in [2.24, 2.45) is 17.8 Å². The quantitative estimate of drug-likeness (QED) is 0.262. The standard InChI is InChI=1S/C18H18F4O3/c1-18(2,3)25-16-13(21)11(19)15(12(20)14(16)22)24-17(23)10-7-8-4-5-9(10)6-8/h4-5,8-10H,6-7H2,1-3H3. The van der Waals surface area contributed by atoms with Crippen LogP contribution < -0.4 is 9.47 Å². The Labute approximate surface area is 142 Å². The molecule has 7 heteroatoms. The van der Waals surface area contributed by atoms with Crippen LogP contribution in [-0.4, -0.2) is 11.6 Å². The van der Waals surface area contributed by atoms with E-state index < -0.39 is 52.3 Å². The van der Waals surface area contributed by atoms with Gasteiger partial charge in [-0.2, -0.15) is 17.6 Å². The molecule has 2 aliphatic carbocycles. The van der Waals surface area contributed by atoms with Crippen LogP contribution in [-0.2, 0) is 4.79 Å². The molecule has 0 aliphatic heterocycles. The highest BCUT2D eigenvalue weighted by Gasteiger charge is 2.42. The van der Waals surface area contributed by atoms with Crippen molar-refractivity contribution >= 4 is 5.97 Å². The third kappa shape index (κ3) is 3.24. The van der Waals surface area contributed by atoms with Gasteiger partial charge in [0.05, 0.1) is 5.92 Å². The van der Waals surface area contributed by atoms with Gasteiger partial charge >= 0.3 is 5.97 Å². The summed E-state index contributed by atoms with van der Waals surface area (Å²) in [5.41, 5.74) is -1.08. The molecule has 25 heavy (non-hydrogen) atoms. The van der Waals surface area contributed by atoms with Gasteiger partial charge in [-0.1, -0.05) is 12.2 Å². The number of carbonyl (C=O) groups excluding carboxylic acids is 1. The van der Waals surface area contributed by atoms with Crippen LogP contribution >= 0.6 is 0 Å². The van der Waals surface area contributed by atoms with Gasteiger partial charge in [0.15, 0.2) is 5.75 Å². The van der Waals surface area contributed by atoms with Gasteiger partial charge in [-0.15, -0.1) is 0 Å². The fraction of sp³-hybridized carbons (Fsp3) is 0.500. The Morgan fingerprint density at radius 1 is 0.960 bits per heavy atom. The fourth-order valence-electron chi connectivity index (χ4n) is 3.30. The Kier molecular flexibility index (Phi) is 4.29. The Hall–Kier alpha value is -2.05. The van der Waals surface area contributed by atoms with Crippen LogP contribution in [0.15, 0.2) is 12.2 Å². The molecule has 2 aliphatic rings. The molecule has 2 bridgehead atoms. The van der Waals surface area contributed by atoms with Crippen molar-refractivity contribution < 1.29 is 31.8 Å². The van der Waals surface area contributed by atoms with Gasteiger partial charge in [0.2, 0.25) is 29.0 Å². The number of esters is 1. The molecule has 0 saturated heterocycles. The lowest BCUT2D eigenvalue weighted by atomic mass is 9.94. The zero-order valence-corrected chi connectivity index (χ0v) is 14.0. The number of hydrogen-bond acceptors (Lipinski definition) is 3. The molecule has 1 aromatic rings. The minimum Gasteiger partial charge on any atom is -0.482 e. The van der Waals surface area contributed by atoms with Crippen molar-refractivity contribution in [3.05, 3.63) is 35.4 Å². The van der Waals surface area contributed by atoms with Crippen molar-refractivity contribution in [1.29, 1.82) is 0 Å². The molecule has 0 amide bonds. The van der Waals surface area contributed by atoms with E-state index >= 15 is 0 Å². The van der Waals surface area contributed by atoms with Crippen LogP contribution in [0.25, 0.3) is 0 Å². The Morgan fingerprint density at radius 3 is 1.96 bits per heavy atom. The first-order chi connectivity index (χ1) is 11.6. The van der Waals surface area contributed by atoms with Crippen LogP contribution in [0.5, 0.6) is 11.5 Å². The summed E-state index contributed by atoms with van der Waals surface area (Å²) in [7, 11) is 0. The van der Waals surface area contributed by atoms with Crippen molar-refractivity contribution in [1.82, 2.24) is 0 Å². The lowest BCUT2D eigenvalue weighted by molar-refractivity contribution is -0.140. The summed E-state index contributed by atoms with van der Waals surface area (Å²) in [5, 5.41) is 0. The molecule has 0 N–H and O–H groups in total. The first kappa shape index (κ1) is 17.8. The summed E-state index contributed by atoms with van der Waals surface area (Å²) in [4.78, 5) is 12.2. The molecular weight excluding hydrogens is 340 g/mol. The third-order valence-electron chi connectivity index (χ3n) is 4.38. The number of carbonyl (C=O) groups is 1. The molecule has 3 nitrogen and oxygen atoms in total. The molecule has 1 saturated carbocycles. The van der Waals surface area contributed by atoms with Crippen LogP contribution in [0.3, 0.4) is 0 Å².